The van der Waals surface area contributed by atoms with Crippen LogP contribution in [0.2, 0.25) is 0 Å². The largest absolute Gasteiger partial charge is 0.463 e. The second kappa shape index (κ2) is 6.51. The summed E-state index contributed by atoms with van der Waals surface area (Å²) >= 11 is 0. The number of furan rings is 1. The number of rotatable bonds is 6. The number of carbonyl (C=O) groups excluding carboxylic acids is 3. The average molecular weight is 381 g/mol. The molecule has 0 spiro atoms. The summed E-state index contributed by atoms with van der Waals surface area (Å²) in [5, 5.41) is 5.53. The molecule has 1 aliphatic carbocycles. The Kier molecular flexibility index (Phi) is 4.25. The Hall–Kier alpha value is -3.09. The molecule has 28 heavy (non-hydrogen) atoms. The SMILES string of the molecule is Cc1ccc(C2(C)NC(=O)N(CC(=O)NCC3(c4ccccc4)CC3)C2=O)o1. The summed E-state index contributed by atoms with van der Waals surface area (Å²) in [4.78, 5) is 38.5. The van der Waals surface area contributed by atoms with Crippen molar-refractivity contribution in [3.05, 3.63) is 59.5 Å². The minimum Gasteiger partial charge on any atom is -0.463 e. The number of imide groups is 1. The van der Waals surface area contributed by atoms with Crippen LogP contribution in [0.25, 0.3) is 0 Å². The number of aryl methyl sites for hydroxylation is 1. The lowest BCUT2D eigenvalue weighted by Crippen LogP contribution is -2.44. The van der Waals surface area contributed by atoms with E-state index in [9.17, 15) is 14.4 Å². The molecule has 1 aliphatic heterocycles. The highest BCUT2D eigenvalue weighted by Crippen LogP contribution is 2.47. The van der Waals surface area contributed by atoms with Gasteiger partial charge in [0.25, 0.3) is 5.91 Å². The van der Waals surface area contributed by atoms with Crippen LogP contribution < -0.4 is 10.6 Å². The van der Waals surface area contributed by atoms with Gasteiger partial charge in [-0.05, 0) is 44.4 Å². The topological polar surface area (TPSA) is 91.7 Å². The lowest BCUT2D eigenvalue weighted by atomic mass is 9.96. The molecule has 1 unspecified atom stereocenters. The molecule has 2 aliphatic rings. The second-order valence-corrected chi connectivity index (χ2v) is 7.78. The van der Waals surface area contributed by atoms with Crippen LogP contribution in [0.1, 0.15) is 36.8 Å². The molecule has 1 saturated carbocycles. The Morgan fingerprint density at radius 1 is 1.18 bits per heavy atom. The summed E-state index contributed by atoms with van der Waals surface area (Å²) in [6.07, 6.45) is 2.02. The molecule has 7 heteroatoms. The van der Waals surface area contributed by atoms with E-state index in [2.05, 4.69) is 22.8 Å². The fourth-order valence-corrected chi connectivity index (χ4v) is 3.69. The maximum absolute atomic E-state index is 12.8. The maximum atomic E-state index is 12.8. The molecule has 146 valence electrons. The lowest BCUT2D eigenvalue weighted by molar-refractivity contribution is -0.135. The standard InChI is InChI=1S/C21H23N3O4/c1-14-8-9-16(28-14)20(2)18(26)24(19(27)23-20)12-17(25)22-13-21(10-11-21)15-6-4-3-5-7-15/h3-9H,10-13H2,1-2H3,(H,22,25)(H,23,27). The van der Waals surface area contributed by atoms with E-state index in [1.165, 1.54) is 5.56 Å². The van der Waals surface area contributed by atoms with Crippen molar-refractivity contribution >= 4 is 17.8 Å². The van der Waals surface area contributed by atoms with Crippen molar-refractivity contribution < 1.29 is 18.8 Å². The van der Waals surface area contributed by atoms with Crippen LogP contribution >= 0.6 is 0 Å². The quantitative estimate of drug-likeness (QED) is 0.751. The fraction of sp³-hybridized carbons (Fsp3) is 0.381. The molecule has 4 amide bonds. The highest BCUT2D eigenvalue weighted by molar-refractivity contribution is 6.08. The monoisotopic (exact) mass is 381 g/mol. The third-order valence-electron chi connectivity index (χ3n) is 5.67. The first kappa shape index (κ1) is 18.3. The molecule has 0 radical (unpaired) electrons. The van der Waals surface area contributed by atoms with Gasteiger partial charge in [0.1, 0.15) is 18.1 Å². The zero-order chi connectivity index (χ0) is 19.9. The number of nitrogens with zero attached hydrogens (tertiary/aromatic N) is 1. The van der Waals surface area contributed by atoms with Gasteiger partial charge in [-0.3, -0.25) is 14.5 Å². The van der Waals surface area contributed by atoms with Gasteiger partial charge in [0, 0.05) is 12.0 Å². The summed E-state index contributed by atoms with van der Waals surface area (Å²) in [6, 6.07) is 12.9. The molecule has 1 aromatic heterocycles. The molecular weight excluding hydrogens is 358 g/mol. The molecule has 0 bridgehead atoms. The van der Waals surface area contributed by atoms with E-state index in [1.807, 2.05) is 18.2 Å². The van der Waals surface area contributed by atoms with Gasteiger partial charge in [-0.15, -0.1) is 0 Å². The first-order chi connectivity index (χ1) is 13.3. The van der Waals surface area contributed by atoms with Gasteiger partial charge >= 0.3 is 6.03 Å². The predicted octanol–water partition coefficient (Wildman–Crippen LogP) is 2.20. The third-order valence-corrected chi connectivity index (χ3v) is 5.67. The predicted molar refractivity (Wildman–Crippen MR) is 101 cm³/mol. The van der Waals surface area contributed by atoms with Crippen molar-refractivity contribution in [1.29, 1.82) is 0 Å². The summed E-state index contributed by atoms with van der Waals surface area (Å²) in [5.41, 5.74) is -0.132. The van der Waals surface area contributed by atoms with Crippen molar-refractivity contribution in [2.24, 2.45) is 0 Å². The first-order valence-corrected chi connectivity index (χ1v) is 9.37. The van der Waals surface area contributed by atoms with Gasteiger partial charge in [-0.25, -0.2) is 4.79 Å². The molecule has 2 N–H and O–H groups in total. The smallest absolute Gasteiger partial charge is 0.325 e. The highest BCUT2D eigenvalue weighted by Gasteiger charge is 2.51. The van der Waals surface area contributed by atoms with Crippen LogP contribution in [0.4, 0.5) is 4.79 Å². The summed E-state index contributed by atoms with van der Waals surface area (Å²) in [6.45, 7) is 3.52. The van der Waals surface area contributed by atoms with Gasteiger partial charge in [0.2, 0.25) is 5.91 Å². The zero-order valence-corrected chi connectivity index (χ0v) is 16.0. The molecule has 1 aromatic carbocycles. The molecular formula is C21H23N3O4. The minimum atomic E-state index is -1.30. The molecule has 4 rings (SSSR count). The van der Waals surface area contributed by atoms with E-state index in [0.29, 0.717) is 18.1 Å². The maximum Gasteiger partial charge on any atom is 0.325 e. The number of hydrogen-bond donors (Lipinski definition) is 2. The van der Waals surface area contributed by atoms with Crippen molar-refractivity contribution in [3.63, 3.8) is 0 Å². The van der Waals surface area contributed by atoms with Gasteiger partial charge in [-0.1, -0.05) is 30.3 Å². The number of amides is 4. The third kappa shape index (κ3) is 3.06. The van der Waals surface area contributed by atoms with Gasteiger partial charge in [0.15, 0.2) is 5.54 Å². The number of carbonyl (C=O) groups is 3. The molecule has 2 heterocycles. The van der Waals surface area contributed by atoms with E-state index in [0.717, 1.165) is 17.7 Å². The van der Waals surface area contributed by atoms with Crippen molar-refractivity contribution in [2.45, 2.75) is 37.6 Å². The van der Waals surface area contributed by atoms with E-state index >= 15 is 0 Å². The van der Waals surface area contributed by atoms with Crippen LogP contribution in [-0.2, 0) is 20.5 Å². The summed E-state index contributed by atoms with van der Waals surface area (Å²) in [5.74, 6) is 0.147. The molecule has 7 nitrogen and oxygen atoms in total. The Morgan fingerprint density at radius 3 is 2.50 bits per heavy atom. The summed E-state index contributed by atoms with van der Waals surface area (Å²) < 4.78 is 5.53. The van der Waals surface area contributed by atoms with E-state index < -0.39 is 17.5 Å². The van der Waals surface area contributed by atoms with Crippen molar-refractivity contribution in [2.75, 3.05) is 13.1 Å². The Balaban J connectivity index is 1.40. The van der Waals surface area contributed by atoms with Crippen LogP contribution in [0.3, 0.4) is 0 Å². The van der Waals surface area contributed by atoms with Gasteiger partial charge in [0.05, 0.1) is 0 Å². The van der Waals surface area contributed by atoms with E-state index in [4.69, 9.17) is 4.42 Å². The fourth-order valence-electron chi connectivity index (χ4n) is 3.69. The highest BCUT2D eigenvalue weighted by atomic mass is 16.3. The van der Waals surface area contributed by atoms with Crippen LogP contribution in [0.15, 0.2) is 46.9 Å². The average Bonchev–Trinajstić information content (AvgIpc) is 3.30. The van der Waals surface area contributed by atoms with Crippen molar-refractivity contribution in [3.8, 4) is 0 Å². The Labute approximate surface area is 163 Å². The lowest BCUT2D eigenvalue weighted by Gasteiger charge is -2.20. The van der Waals surface area contributed by atoms with Gasteiger partial charge in [-0.2, -0.15) is 0 Å². The summed E-state index contributed by atoms with van der Waals surface area (Å²) in [7, 11) is 0. The Bertz CT molecular complexity index is 932. The van der Waals surface area contributed by atoms with E-state index in [1.54, 1.807) is 26.0 Å². The molecule has 2 fully saturated rings. The number of benzene rings is 1. The van der Waals surface area contributed by atoms with Crippen LogP contribution in [-0.4, -0.2) is 35.8 Å². The van der Waals surface area contributed by atoms with Crippen LogP contribution in [0, 0.1) is 6.92 Å². The molecule has 1 atom stereocenters. The number of nitrogens with one attached hydrogen (secondary N) is 2. The van der Waals surface area contributed by atoms with Crippen LogP contribution in [0.5, 0.6) is 0 Å². The molecule has 1 saturated heterocycles. The first-order valence-electron chi connectivity index (χ1n) is 9.37. The van der Waals surface area contributed by atoms with Gasteiger partial charge < -0.3 is 15.1 Å². The van der Waals surface area contributed by atoms with E-state index in [-0.39, 0.29) is 17.9 Å². The Morgan fingerprint density at radius 2 is 1.89 bits per heavy atom. The minimum absolute atomic E-state index is 0.0333. The second-order valence-electron chi connectivity index (χ2n) is 7.78. The number of urea groups is 1. The molecule has 2 aromatic rings. The number of hydrogen-bond acceptors (Lipinski definition) is 4. The normalized spacial score (nSPS) is 22.9. The zero-order valence-electron chi connectivity index (χ0n) is 16.0. The van der Waals surface area contributed by atoms with Crippen molar-refractivity contribution in [1.82, 2.24) is 15.5 Å².